The average molecular weight is 292 g/mol. The zero-order valence-corrected chi connectivity index (χ0v) is 12.0. The van der Waals surface area contributed by atoms with Gasteiger partial charge in [0.05, 0.1) is 26.4 Å². The first-order chi connectivity index (χ1) is 10.3. The van der Waals surface area contributed by atoms with Crippen molar-refractivity contribution in [2.45, 2.75) is 18.9 Å². The maximum atomic E-state index is 12.4. The number of hydrogen-bond acceptors (Lipinski definition) is 5. The van der Waals surface area contributed by atoms with E-state index in [4.69, 9.17) is 14.2 Å². The molecule has 6 nitrogen and oxygen atoms in total. The molecule has 114 valence electrons. The van der Waals surface area contributed by atoms with Gasteiger partial charge in [0.1, 0.15) is 6.10 Å². The number of aromatic nitrogens is 1. The zero-order valence-electron chi connectivity index (χ0n) is 12.0. The molecule has 0 bridgehead atoms. The van der Waals surface area contributed by atoms with Gasteiger partial charge in [-0.2, -0.15) is 0 Å². The molecule has 1 aromatic heterocycles. The number of carbonyl (C=O) groups is 1. The van der Waals surface area contributed by atoms with Crippen molar-refractivity contribution >= 4 is 5.91 Å². The van der Waals surface area contributed by atoms with Gasteiger partial charge in [-0.3, -0.25) is 4.79 Å². The fourth-order valence-corrected chi connectivity index (χ4v) is 2.52. The molecule has 3 heterocycles. The van der Waals surface area contributed by atoms with Crippen molar-refractivity contribution in [1.82, 2.24) is 9.88 Å². The average Bonchev–Trinajstić information content (AvgIpc) is 2.56. The first kappa shape index (κ1) is 14.3. The van der Waals surface area contributed by atoms with E-state index in [9.17, 15) is 4.79 Å². The van der Waals surface area contributed by atoms with Crippen LogP contribution in [-0.4, -0.2) is 61.4 Å². The van der Waals surface area contributed by atoms with E-state index in [0.29, 0.717) is 37.7 Å². The smallest absolute Gasteiger partial charge is 0.254 e. The van der Waals surface area contributed by atoms with E-state index < -0.39 is 0 Å². The minimum atomic E-state index is 0.0116. The van der Waals surface area contributed by atoms with Gasteiger partial charge in [-0.1, -0.05) is 0 Å². The molecule has 0 radical (unpaired) electrons. The quantitative estimate of drug-likeness (QED) is 0.835. The van der Waals surface area contributed by atoms with Gasteiger partial charge < -0.3 is 19.1 Å². The van der Waals surface area contributed by atoms with E-state index in [-0.39, 0.29) is 12.0 Å². The summed E-state index contributed by atoms with van der Waals surface area (Å²) in [4.78, 5) is 18.4. The maximum Gasteiger partial charge on any atom is 0.254 e. The fourth-order valence-electron chi connectivity index (χ4n) is 2.52. The Balaban J connectivity index is 1.65. The lowest BCUT2D eigenvalue weighted by molar-refractivity contribution is 0.0233. The number of amides is 1. The van der Waals surface area contributed by atoms with Crippen LogP contribution in [0.3, 0.4) is 0 Å². The minimum absolute atomic E-state index is 0.0116. The van der Waals surface area contributed by atoms with E-state index in [1.165, 1.54) is 0 Å². The van der Waals surface area contributed by atoms with E-state index in [1.54, 1.807) is 23.2 Å². The normalized spacial score (nSPS) is 20.3. The highest BCUT2D eigenvalue weighted by molar-refractivity contribution is 5.94. The summed E-state index contributed by atoms with van der Waals surface area (Å²) in [6.45, 7) is 3.91. The van der Waals surface area contributed by atoms with Crippen LogP contribution in [0.25, 0.3) is 0 Å². The van der Waals surface area contributed by atoms with E-state index in [0.717, 1.165) is 26.1 Å². The maximum absolute atomic E-state index is 12.4. The molecule has 2 aliphatic heterocycles. The Kier molecular flexibility index (Phi) is 4.67. The molecule has 1 amide bonds. The topological polar surface area (TPSA) is 60.9 Å². The third-order valence-electron chi connectivity index (χ3n) is 3.74. The highest BCUT2D eigenvalue weighted by atomic mass is 16.5. The van der Waals surface area contributed by atoms with Crippen molar-refractivity contribution in [2.75, 3.05) is 39.5 Å². The first-order valence-corrected chi connectivity index (χ1v) is 7.40. The van der Waals surface area contributed by atoms with Crippen LogP contribution in [0.4, 0.5) is 0 Å². The predicted octanol–water partition coefficient (Wildman–Crippen LogP) is 1.11. The van der Waals surface area contributed by atoms with Crippen molar-refractivity contribution in [1.29, 1.82) is 0 Å². The predicted molar refractivity (Wildman–Crippen MR) is 75.4 cm³/mol. The van der Waals surface area contributed by atoms with Crippen LogP contribution >= 0.6 is 0 Å². The van der Waals surface area contributed by atoms with Gasteiger partial charge in [0, 0.05) is 43.8 Å². The molecule has 21 heavy (non-hydrogen) atoms. The second kappa shape index (κ2) is 6.87. The molecule has 0 aromatic carbocycles. The van der Waals surface area contributed by atoms with Crippen molar-refractivity contribution in [3.63, 3.8) is 0 Å². The molecule has 6 heteroatoms. The third kappa shape index (κ3) is 3.71. The number of pyridine rings is 1. The third-order valence-corrected chi connectivity index (χ3v) is 3.74. The van der Waals surface area contributed by atoms with Gasteiger partial charge in [-0.15, -0.1) is 0 Å². The first-order valence-electron chi connectivity index (χ1n) is 7.40. The number of carbonyl (C=O) groups excluding carboxylic acids is 1. The van der Waals surface area contributed by atoms with Gasteiger partial charge in [-0.25, -0.2) is 4.98 Å². The summed E-state index contributed by atoms with van der Waals surface area (Å²) in [5, 5.41) is 0. The molecule has 0 atom stereocenters. The summed E-state index contributed by atoms with van der Waals surface area (Å²) in [5.74, 6) is 0.526. The Hall–Kier alpha value is -1.66. The van der Waals surface area contributed by atoms with E-state index in [1.807, 2.05) is 0 Å². The van der Waals surface area contributed by atoms with Crippen molar-refractivity contribution in [3.8, 4) is 5.88 Å². The van der Waals surface area contributed by atoms with Crippen molar-refractivity contribution < 1.29 is 19.0 Å². The molecule has 2 aliphatic rings. The molecular formula is C15H20N2O4. The molecular weight excluding hydrogens is 272 g/mol. The van der Waals surface area contributed by atoms with Crippen LogP contribution < -0.4 is 4.74 Å². The second-order valence-corrected chi connectivity index (χ2v) is 5.22. The monoisotopic (exact) mass is 292 g/mol. The van der Waals surface area contributed by atoms with Crippen LogP contribution in [0.15, 0.2) is 18.3 Å². The molecule has 0 spiro atoms. The SMILES string of the molecule is O=C(c1ccnc(OC2CCOCC2)c1)N1CCOCC1. The van der Waals surface area contributed by atoms with Gasteiger partial charge in [0.15, 0.2) is 0 Å². The Morgan fingerprint density at radius 3 is 2.67 bits per heavy atom. The highest BCUT2D eigenvalue weighted by Crippen LogP contribution is 2.18. The molecule has 1 aromatic rings. The van der Waals surface area contributed by atoms with Gasteiger partial charge in [-0.05, 0) is 6.07 Å². The number of hydrogen-bond donors (Lipinski definition) is 0. The van der Waals surface area contributed by atoms with Crippen LogP contribution in [0.1, 0.15) is 23.2 Å². The lowest BCUT2D eigenvalue weighted by atomic mass is 10.1. The standard InChI is InChI=1S/C15H20N2O4/c18-15(17-5-9-20-10-6-17)12-1-4-16-14(11-12)21-13-2-7-19-8-3-13/h1,4,11,13H,2-3,5-10H2. The molecule has 0 N–H and O–H groups in total. The Morgan fingerprint density at radius 1 is 1.19 bits per heavy atom. The summed E-state index contributed by atoms with van der Waals surface area (Å²) in [7, 11) is 0. The number of ether oxygens (including phenoxy) is 3. The highest BCUT2D eigenvalue weighted by Gasteiger charge is 2.20. The summed E-state index contributed by atoms with van der Waals surface area (Å²) >= 11 is 0. The van der Waals surface area contributed by atoms with Crippen LogP contribution in [0.5, 0.6) is 5.88 Å². The van der Waals surface area contributed by atoms with Gasteiger partial charge in [0.2, 0.25) is 5.88 Å². The lowest BCUT2D eigenvalue weighted by Gasteiger charge is -2.27. The van der Waals surface area contributed by atoms with Crippen molar-refractivity contribution in [3.05, 3.63) is 23.9 Å². The van der Waals surface area contributed by atoms with Crippen LogP contribution in [-0.2, 0) is 9.47 Å². The number of morpholine rings is 1. The minimum Gasteiger partial charge on any atom is -0.474 e. The number of rotatable bonds is 3. The molecule has 2 fully saturated rings. The Morgan fingerprint density at radius 2 is 1.90 bits per heavy atom. The van der Waals surface area contributed by atoms with Crippen LogP contribution in [0.2, 0.25) is 0 Å². The molecule has 3 rings (SSSR count). The van der Waals surface area contributed by atoms with Gasteiger partial charge in [0.25, 0.3) is 5.91 Å². The van der Waals surface area contributed by atoms with Crippen molar-refractivity contribution in [2.24, 2.45) is 0 Å². The fraction of sp³-hybridized carbons (Fsp3) is 0.600. The summed E-state index contributed by atoms with van der Waals surface area (Å²) in [6.07, 6.45) is 3.48. The molecule has 0 aliphatic carbocycles. The molecule has 2 saturated heterocycles. The summed E-state index contributed by atoms with van der Waals surface area (Å²) in [6, 6.07) is 3.46. The van der Waals surface area contributed by atoms with Gasteiger partial charge >= 0.3 is 0 Å². The van der Waals surface area contributed by atoms with Crippen LogP contribution in [0, 0.1) is 0 Å². The summed E-state index contributed by atoms with van der Waals surface area (Å²) in [5.41, 5.74) is 0.619. The molecule has 0 saturated carbocycles. The zero-order chi connectivity index (χ0) is 14.5. The number of nitrogens with zero attached hydrogens (tertiary/aromatic N) is 2. The molecule has 0 unspecified atom stereocenters. The van der Waals surface area contributed by atoms with E-state index in [2.05, 4.69) is 4.98 Å². The lowest BCUT2D eigenvalue weighted by Crippen LogP contribution is -2.40. The Bertz CT molecular complexity index is 482. The second-order valence-electron chi connectivity index (χ2n) is 5.22. The van der Waals surface area contributed by atoms with E-state index >= 15 is 0 Å². The largest absolute Gasteiger partial charge is 0.474 e. The summed E-state index contributed by atoms with van der Waals surface area (Å²) < 4.78 is 16.4. The Labute approximate surface area is 124 Å².